The smallest absolute Gasteiger partial charge is 0.0170 e. The minimum absolute atomic E-state index is 0.372. The van der Waals surface area contributed by atoms with Gasteiger partial charge in [-0.25, -0.2) is 0 Å². The number of nitrogens with zero attached hydrogens (tertiary/aromatic N) is 1. The van der Waals surface area contributed by atoms with Gasteiger partial charge in [-0.15, -0.1) is 0 Å². The van der Waals surface area contributed by atoms with Crippen molar-refractivity contribution in [3.05, 3.63) is 0 Å². The van der Waals surface area contributed by atoms with Crippen LogP contribution in [-0.2, 0) is 0 Å². The molecule has 0 spiro atoms. The van der Waals surface area contributed by atoms with E-state index in [0.717, 1.165) is 19.0 Å². The van der Waals surface area contributed by atoms with Gasteiger partial charge in [-0.3, -0.25) is 4.90 Å². The predicted molar refractivity (Wildman–Crippen MR) is 66.0 cm³/mol. The number of nitrogens with one attached hydrogen (secondary N) is 1. The van der Waals surface area contributed by atoms with Crippen LogP contribution in [0.4, 0.5) is 0 Å². The Bertz CT molecular complexity index is 170. The maximum Gasteiger partial charge on any atom is 0.0170 e. The van der Waals surface area contributed by atoms with E-state index in [9.17, 15) is 0 Å². The fourth-order valence-electron chi connectivity index (χ4n) is 2.44. The van der Waals surface area contributed by atoms with E-state index in [1.165, 1.54) is 25.8 Å². The van der Waals surface area contributed by atoms with Crippen molar-refractivity contribution in [3.8, 4) is 0 Å². The molecule has 1 aliphatic heterocycles. The van der Waals surface area contributed by atoms with E-state index >= 15 is 0 Å². The third kappa shape index (κ3) is 4.49. The number of nitrogens with two attached hydrogens (primary N) is 1. The number of rotatable bonds is 4. The summed E-state index contributed by atoms with van der Waals surface area (Å²) in [6.45, 7) is 7.95. The molecule has 0 saturated carbocycles. The summed E-state index contributed by atoms with van der Waals surface area (Å²) in [6.07, 6.45) is 3.79. The van der Waals surface area contributed by atoms with E-state index in [2.05, 4.69) is 24.1 Å². The Morgan fingerprint density at radius 2 is 2.20 bits per heavy atom. The van der Waals surface area contributed by atoms with Crippen molar-refractivity contribution in [2.75, 3.05) is 26.7 Å². The van der Waals surface area contributed by atoms with E-state index in [-0.39, 0.29) is 0 Å². The molecule has 3 N–H and O–H groups in total. The van der Waals surface area contributed by atoms with Crippen molar-refractivity contribution in [3.63, 3.8) is 0 Å². The van der Waals surface area contributed by atoms with Crippen LogP contribution in [0.5, 0.6) is 0 Å². The third-order valence-corrected chi connectivity index (χ3v) is 3.46. The monoisotopic (exact) mass is 213 g/mol. The lowest BCUT2D eigenvalue weighted by Gasteiger charge is -2.26. The summed E-state index contributed by atoms with van der Waals surface area (Å²) in [6, 6.07) is 1.01. The first-order chi connectivity index (χ1) is 7.13. The second kappa shape index (κ2) is 6.46. The lowest BCUT2D eigenvalue weighted by molar-refractivity contribution is 0.219. The molecule has 0 aliphatic carbocycles. The first kappa shape index (κ1) is 12.9. The zero-order valence-corrected chi connectivity index (χ0v) is 10.5. The van der Waals surface area contributed by atoms with Crippen LogP contribution in [0, 0.1) is 5.92 Å². The lowest BCUT2D eigenvalue weighted by atomic mass is 9.95. The van der Waals surface area contributed by atoms with Crippen molar-refractivity contribution in [2.45, 2.75) is 45.2 Å². The summed E-state index contributed by atoms with van der Waals surface area (Å²) in [5.74, 6) is 0.816. The van der Waals surface area contributed by atoms with E-state index in [1.807, 2.05) is 7.05 Å². The van der Waals surface area contributed by atoms with Crippen LogP contribution >= 0.6 is 0 Å². The Morgan fingerprint density at radius 1 is 1.47 bits per heavy atom. The molecular weight excluding hydrogens is 186 g/mol. The van der Waals surface area contributed by atoms with Gasteiger partial charge in [-0.1, -0.05) is 0 Å². The maximum absolute atomic E-state index is 6.16. The molecule has 0 radical (unpaired) electrons. The molecule has 2 atom stereocenters. The van der Waals surface area contributed by atoms with Gasteiger partial charge in [0.1, 0.15) is 0 Å². The van der Waals surface area contributed by atoms with Crippen LogP contribution in [0.3, 0.4) is 0 Å². The van der Waals surface area contributed by atoms with Crippen molar-refractivity contribution < 1.29 is 0 Å². The Labute approximate surface area is 94.4 Å². The fraction of sp³-hybridized carbons (Fsp3) is 1.00. The largest absolute Gasteiger partial charge is 0.327 e. The molecule has 0 amide bonds. The molecule has 0 aromatic heterocycles. The quantitative estimate of drug-likeness (QED) is 0.733. The molecule has 90 valence electrons. The van der Waals surface area contributed by atoms with Gasteiger partial charge in [-0.05, 0) is 59.2 Å². The highest BCUT2D eigenvalue weighted by Crippen LogP contribution is 2.20. The normalized spacial score (nSPS) is 29.4. The average Bonchev–Trinajstić information content (AvgIpc) is 2.37. The summed E-state index contributed by atoms with van der Waals surface area (Å²) in [7, 11) is 2.02. The predicted octanol–water partition coefficient (Wildman–Crippen LogP) is 1.04. The summed E-state index contributed by atoms with van der Waals surface area (Å²) in [5, 5.41) is 3.23. The lowest BCUT2D eigenvalue weighted by Crippen LogP contribution is -2.39. The molecule has 1 rings (SSSR count). The molecule has 0 bridgehead atoms. The molecule has 1 saturated heterocycles. The summed E-state index contributed by atoms with van der Waals surface area (Å²) < 4.78 is 0. The van der Waals surface area contributed by atoms with Crippen LogP contribution in [0.2, 0.25) is 0 Å². The van der Waals surface area contributed by atoms with Crippen LogP contribution in [0.25, 0.3) is 0 Å². The van der Waals surface area contributed by atoms with E-state index in [0.29, 0.717) is 12.1 Å². The minimum Gasteiger partial charge on any atom is -0.327 e. The Kier molecular flexibility index (Phi) is 5.58. The van der Waals surface area contributed by atoms with E-state index in [1.54, 1.807) is 0 Å². The third-order valence-electron chi connectivity index (χ3n) is 3.46. The van der Waals surface area contributed by atoms with Gasteiger partial charge >= 0.3 is 0 Å². The highest BCUT2D eigenvalue weighted by atomic mass is 15.2. The van der Waals surface area contributed by atoms with Gasteiger partial charge in [-0.2, -0.15) is 0 Å². The molecule has 3 nitrogen and oxygen atoms in total. The number of hydrogen-bond donors (Lipinski definition) is 2. The Morgan fingerprint density at radius 3 is 2.80 bits per heavy atom. The minimum atomic E-state index is 0.372. The second-order valence-electron chi connectivity index (χ2n) is 5.13. The topological polar surface area (TPSA) is 41.3 Å². The standard InChI is InChI=1S/C12H27N3/c1-10(2)15-7-5-11(4-6-14-3)8-12(13)9-15/h10-12,14H,4-9,13H2,1-3H3. The molecule has 2 unspecified atom stereocenters. The van der Waals surface area contributed by atoms with Crippen LogP contribution in [0.1, 0.15) is 33.1 Å². The number of hydrogen-bond acceptors (Lipinski definition) is 3. The molecule has 3 heteroatoms. The highest BCUT2D eigenvalue weighted by Gasteiger charge is 2.22. The average molecular weight is 213 g/mol. The van der Waals surface area contributed by atoms with Gasteiger partial charge in [0, 0.05) is 18.6 Å². The van der Waals surface area contributed by atoms with Gasteiger partial charge in [0.2, 0.25) is 0 Å². The zero-order chi connectivity index (χ0) is 11.3. The maximum atomic E-state index is 6.16. The molecule has 1 heterocycles. The Hall–Kier alpha value is -0.120. The SMILES string of the molecule is CNCCC1CCN(C(C)C)CC(N)C1. The zero-order valence-electron chi connectivity index (χ0n) is 10.5. The summed E-state index contributed by atoms with van der Waals surface area (Å²) >= 11 is 0. The van der Waals surface area contributed by atoms with Gasteiger partial charge in [0.25, 0.3) is 0 Å². The molecule has 1 fully saturated rings. The fourth-order valence-corrected chi connectivity index (χ4v) is 2.44. The second-order valence-corrected chi connectivity index (χ2v) is 5.13. The summed E-state index contributed by atoms with van der Waals surface area (Å²) in [4.78, 5) is 2.52. The number of likely N-dealkylation sites (tertiary alicyclic amines) is 1. The highest BCUT2D eigenvalue weighted by molar-refractivity contribution is 4.80. The molecule has 0 aromatic rings. The van der Waals surface area contributed by atoms with Crippen LogP contribution in [-0.4, -0.2) is 43.7 Å². The van der Waals surface area contributed by atoms with E-state index < -0.39 is 0 Å². The van der Waals surface area contributed by atoms with Gasteiger partial charge in [0.15, 0.2) is 0 Å². The molecule has 0 aromatic carbocycles. The van der Waals surface area contributed by atoms with Crippen LogP contribution < -0.4 is 11.1 Å². The Balaban J connectivity index is 2.39. The molecule has 15 heavy (non-hydrogen) atoms. The summed E-state index contributed by atoms with van der Waals surface area (Å²) in [5.41, 5.74) is 6.16. The van der Waals surface area contributed by atoms with Crippen molar-refractivity contribution in [2.24, 2.45) is 11.7 Å². The van der Waals surface area contributed by atoms with Crippen molar-refractivity contribution in [1.29, 1.82) is 0 Å². The van der Waals surface area contributed by atoms with Gasteiger partial charge in [0.05, 0.1) is 0 Å². The first-order valence-corrected chi connectivity index (χ1v) is 6.27. The first-order valence-electron chi connectivity index (χ1n) is 6.27. The van der Waals surface area contributed by atoms with E-state index in [4.69, 9.17) is 5.73 Å². The van der Waals surface area contributed by atoms with Gasteiger partial charge < -0.3 is 11.1 Å². The van der Waals surface area contributed by atoms with Crippen LogP contribution in [0.15, 0.2) is 0 Å². The van der Waals surface area contributed by atoms with Crippen molar-refractivity contribution >= 4 is 0 Å². The molecular formula is C12H27N3. The van der Waals surface area contributed by atoms with Crippen molar-refractivity contribution in [1.82, 2.24) is 10.2 Å². The molecule has 1 aliphatic rings.